The highest BCUT2D eigenvalue weighted by Gasteiger charge is 2.08. The van der Waals surface area contributed by atoms with Gasteiger partial charge in [0.2, 0.25) is 5.91 Å². The SMILES string of the molecule is CCN(CC)CCNC(=O)Nc1cc(NC(C)=O)ccc1F. The predicted molar refractivity (Wildman–Crippen MR) is 85.5 cm³/mol. The summed E-state index contributed by atoms with van der Waals surface area (Å²) in [6.07, 6.45) is 0. The van der Waals surface area contributed by atoms with E-state index in [1.54, 1.807) is 0 Å². The maximum atomic E-state index is 13.7. The lowest BCUT2D eigenvalue weighted by Crippen LogP contribution is -2.37. The number of carbonyl (C=O) groups excluding carboxylic acids is 2. The molecule has 0 aliphatic rings. The van der Waals surface area contributed by atoms with E-state index in [1.165, 1.54) is 25.1 Å². The normalized spacial score (nSPS) is 10.4. The molecule has 122 valence electrons. The van der Waals surface area contributed by atoms with Crippen molar-refractivity contribution in [3.63, 3.8) is 0 Å². The van der Waals surface area contributed by atoms with Crippen LogP contribution in [0.2, 0.25) is 0 Å². The van der Waals surface area contributed by atoms with Crippen molar-refractivity contribution in [1.82, 2.24) is 10.2 Å². The molecule has 0 fully saturated rings. The number of hydrogen-bond acceptors (Lipinski definition) is 3. The summed E-state index contributed by atoms with van der Waals surface area (Å²) >= 11 is 0. The Morgan fingerprint density at radius 3 is 2.45 bits per heavy atom. The first-order chi connectivity index (χ1) is 10.5. The van der Waals surface area contributed by atoms with E-state index in [2.05, 4.69) is 20.9 Å². The van der Waals surface area contributed by atoms with Gasteiger partial charge in [0.1, 0.15) is 5.82 Å². The van der Waals surface area contributed by atoms with Crippen molar-refractivity contribution < 1.29 is 14.0 Å². The zero-order valence-corrected chi connectivity index (χ0v) is 13.2. The number of halogens is 1. The Morgan fingerprint density at radius 1 is 1.18 bits per heavy atom. The van der Waals surface area contributed by atoms with E-state index in [0.717, 1.165) is 19.6 Å². The average Bonchev–Trinajstić information content (AvgIpc) is 2.46. The highest BCUT2D eigenvalue weighted by molar-refractivity contribution is 5.92. The van der Waals surface area contributed by atoms with Gasteiger partial charge in [-0.3, -0.25) is 4.79 Å². The summed E-state index contributed by atoms with van der Waals surface area (Å²) in [5.41, 5.74) is 0.443. The van der Waals surface area contributed by atoms with E-state index in [0.29, 0.717) is 12.2 Å². The molecule has 0 atom stereocenters. The molecule has 0 unspecified atom stereocenters. The van der Waals surface area contributed by atoms with Crippen LogP contribution in [0.15, 0.2) is 18.2 Å². The maximum absolute atomic E-state index is 13.7. The molecule has 0 spiro atoms. The Hall–Kier alpha value is -2.15. The molecule has 3 N–H and O–H groups in total. The van der Waals surface area contributed by atoms with Crippen LogP contribution in [0.5, 0.6) is 0 Å². The lowest BCUT2D eigenvalue weighted by Gasteiger charge is -2.18. The van der Waals surface area contributed by atoms with Crippen molar-refractivity contribution in [1.29, 1.82) is 0 Å². The van der Waals surface area contributed by atoms with Gasteiger partial charge < -0.3 is 20.9 Å². The number of benzene rings is 1. The number of anilines is 2. The number of rotatable bonds is 7. The summed E-state index contributed by atoms with van der Waals surface area (Å²) in [5.74, 6) is -0.825. The summed E-state index contributed by atoms with van der Waals surface area (Å²) in [5, 5.41) is 7.65. The monoisotopic (exact) mass is 310 g/mol. The van der Waals surface area contributed by atoms with Gasteiger partial charge in [0, 0.05) is 25.7 Å². The third kappa shape index (κ3) is 6.09. The number of urea groups is 1. The van der Waals surface area contributed by atoms with Crippen LogP contribution in [-0.2, 0) is 4.79 Å². The van der Waals surface area contributed by atoms with Gasteiger partial charge in [0.15, 0.2) is 0 Å². The van der Waals surface area contributed by atoms with E-state index in [4.69, 9.17) is 0 Å². The van der Waals surface area contributed by atoms with Gasteiger partial charge in [-0.05, 0) is 31.3 Å². The Balaban J connectivity index is 2.54. The van der Waals surface area contributed by atoms with Crippen molar-refractivity contribution in [3.8, 4) is 0 Å². The number of hydrogen-bond donors (Lipinski definition) is 3. The fourth-order valence-corrected chi connectivity index (χ4v) is 1.94. The van der Waals surface area contributed by atoms with E-state index >= 15 is 0 Å². The highest BCUT2D eigenvalue weighted by atomic mass is 19.1. The Bertz CT molecular complexity index is 518. The second-order valence-electron chi connectivity index (χ2n) is 4.78. The first-order valence-electron chi connectivity index (χ1n) is 7.30. The summed E-state index contributed by atoms with van der Waals surface area (Å²) in [7, 11) is 0. The summed E-state index contributed by atoms with van der Waals surface area (Å²) in [6, 6.07) is 3.52. The van der Waals surface area contributed by atoms with Crippen molar-refractivity contribution >= 4 is 23.3 Å². The summed E-state index contributed by atoms with van der Waals surface area (Å²) in [4.78, 5) is 24.9. The number of likely N-dealkylation sites (N-methyl/N-ethyl adjacent to an activating group) is 1. The van der Waals surface area contributed by atoms with Crippen LogP contribution in [-0.4, -0.2) is 43.0 Å². The van der Waals surface area contributed by atoms with Crippen LogP contribution < -0.4 is 16.0 Å². The zero-order valence-electron chi connectivity index (χ0n) is 13.2. The molecular formula is C15H23FN4O2. The van der Waals surface area contributed by atoms with Gasteiger partial charge >= 0.3 is 6.03 Å². The van der Waals surface area contributed by atoms with Crippen LogP contribution in [0, 0.1) is 5.82 Å². The molecule has 1 aromatic carbocycles. The van der Waals surface area contributed by atoms with E-state index < -0.39 is 11.8 Å². The Kier molecular flexibility index (Phi) is 7.31. The summed E-state index contributed by atoms with van der Waals surface area (Å²) < 4.78 is 13.7. The van der Waals surface area contributed by atoms with Gasteiger partial charge in [-0.25, -0.2) is 9.18 Å². The van der Waals surface area contributed by atoms with Gasteiger partial charge in [-0.15, -0.1) is 0 Å². The molecule has 1 aromatic rings. The molecule has 22 heavy (non-hydrogen) atoms. The van der Waals surface area contributed by atoms with Crippen molar-refractivity contribution in [3.05, 3.63) is 24.0 Å². The van der Waals surface area contributed by atoms with Crippen LogP contribution in [0.1, 0.15) is 20.8 Å². The first-order valence-corrected chi connectivity index (χ1v) is 7.30. The smallest absolute Gasteiger partial charge is 0.319 e. The lowest BCUT2D eigenvalue weighted by atomic mass is 10.2. The van der Waals surface area contributed by atoms with E-state index in [1.807, 2.05) is 13.8 Å². The number of nitrogens with one attached hydrogen (secondary N) is 3. The summed E-state index contributed by atoms with van der Waals surface area (Å²) in [6.45, 7) is 8.48. The molecule has 0 radical (unpaired) electrons. The van der Waals surface area contributed by atoms with Crippen molar-refractivity contribution in [2.45, 2.75) is 20.8 Å². The molecule has 0 saturated heterocycles. The van der Waals surface area contributed by atoms with Crippen LogP contribution in [0.4, 0.5) is 20.6 Å². The van der Waals surface area contributed by atoms with Gasteiger partial charge in [-0.2, -0.15) is 0 Å². The lowest BCUT2D eigenvalue weighted by molar-refractivity contribution is -0.114. The van der Waals surface area contributed by atoms with Crippen molar-refractivity contribution in [2.24, 2.45) is 0 Å². The number of amides is 3. The quantitative estimate of drug-likeness (QED) is 0.723. The molecule has 0 aliphatic heterocycles. The molecule has 0 bridgehead atoms. The molecule has 7 heteroatoms. The van der Waals surface area contributed by atoms with Gasteiger partial charge in [-0.1, -0.05) is 13.8 Å². The molecular weight excluding hydrogens is 287 g/mol. The molecule has 6 nitrogen and oxygen atoms in total. The fraction of sp³-hybridized carbons (Fsp3) is 0.467. The molecule has 1 rings (SSSR count). The third-order valence-electron chi connectivity index (χ3n) is 3.14. The molecule has 3 amide bonds. The largest absolute Gasteiger partial charge is 0.337 e. The second-order valence-corrected chi connectivity index (χ2v) is 4.78. The molecule has 0 saturated carbocycles. The standard InChI is InChI=1S/C15H23FN4O2/c1-4-20(5-2)9-8-17-15(22)19-14-10-12(18-11(3)21)6-7-13(14)16/h6-7,10H,4-5,8-9H2,1-3H3,(H,18,21)(H2,17,19,22). The number of nitrogens with zero attached hydrogens (tertiary/aromatic N) is 1. The zero-order chi connectivity index (χ0) is 16.5. The predicted octanol–water partition coefficient (Wildman–Crippen LogP) is 2.25. The number of carbonyl (C=O) groups is 2. The van der Waals surface area contributed by atoms with Crippen LogP contribution in [0.3, 0.4) is 0 Å². The minimum atomic E-state index is -0.562. The molecule has 0 aromatic heterocycles. The van der Waals surface area contributed by atoms with Crippen LogP contribution in [0.25, 0.3) is 0 Å². The average molecular weight is 310 g/mol. The second kappa shape index (κ2) is 8.99. The Morgan fingerprint density at radius 2 is 1.86 bits per heavy atom. The van der Waals surface area contributed by atoms with E-state index in [9.17, 15) is 14.0 Å². The highest BCUT2D eigenvalue weighted by Crippen LogP contribution is 2.19. The first kappa shape index (κ1) is 17.9. The van der Waals surface area contributed by atoms with Gasteiger partial charge in [0.05, 0.1) is 5.69 Å². The molecule has 0 aliphatic carbocycles. The third-order valence-corrected chi connectivity index (χ3v) is 3.14. The minimum Gasteiger partial charge on any atom is -0.337 e. The van der Waals surface area contributed by atoms with Crippen LogP contribution >= 0.6 is 0 Å². The van der Waals surface area contributed by atoms with Gasteiger partial charge in [0.25, 0.3) is 0 Å². The minimum absolute atomic E-state index is 0.0200. The topological polar surface area (TPSA) is 73.5 Å². The maximum Gasteiger partial charge on any atom is 0.319 e. The van der Waals surface area contributed by atoms with E-state index in [-0.39, 0.29) is 11.6 Å². The Labute approximate surface area is 130 Å². The van der Waals surface area contributed by atoms with Crippen molar-refractivity contribution in [2.75, 3.05) is 36.8 Å². The molecule has 0 heterocycles. The fourth-order valence-electron chi connectivity index (χ4n) is 1.94.